The molecule has 2 rings (SSSR count). The molecule has 2 nitrogen and oxygen atoms in total. The summed E-state index contributed by atoms with van der Waals surface area (Å²) in [6.07, 6.45) is 5.19. The molecule has 15 heavy (non-hydrogen) atoms. The van der Waals surface area contributed by atoms with Crippen LogP contribution in [0.3, 0.4) is 0 Å². The molecule has 0 saturated heterocycles. The number of terminal acetylenes is 1. The van der Waals surface area contributed by atoms with Gasteiger partial charge in [-0.05, 0) is 12.1 Å². The molecule has 0 aromatic heterocycles. The van der Waals surface area contributed by atoms with Gasteiger partial charge in [-0.3, -0.25) is 0 Å². The lowest BCUT2D eigenvalue weighted by molar-refractivity contribution is 0.481. The maximum Gasteiger partial charge on any atom is 0.123 e. The topological polar surface area (TPSA) is 32.3 Å². The molecule has 0 fully saturated rings. The second-order valence-corrected chi connectivity index (χ2v) is 3.24. The van der Waals surface area contributed by atoms with Crippen LogP contribution >= 0.6 is 0 Å². The Morgan fingerprint density at radius 1 is 1.13 bits per heavy atom. The summed E-state index contributed by atoms with van der Waals surface area (Å²) in [6.45, 7) is 0.481. The molecule has 74 valence electrons. The van der Waals surface area contributed by atoms with Crippen LogP contribution in [-0.4, -0.2) is 11.7 Å². The smallest absolute Gasteiger partial charge is 0.123 e. The van der Waals surface area contributed by atoms with E-state index in [1.807, 2.05) is 30.3 Å². The summed E-state index contributed by atoms with van der Waals surface area (Å²) in [5.41, 5.74) is 0.946. The van der Waals surface area contributed by atoms with Crippen molar-refractivity contribution >= 4 is 16.5 Å². The van der Waals surface area contributed by atoms with Crippen LogP contribution in [-0.2, 0) is 0 Å². The molecule has 2 N–H and O–H groups in total. The average Bonchev–Trinajstić information content (AvgIpc) is 2.27. The first-order chi connectivity index (χ1) is 7.33. The maximum atomic E-state index is 9.65. The van der Waals surface area contributed by atoms with E-state index in [-0.39, 0.29) is 5.75 Å². The third-order valence-electron chi connectivity index (χ3n) is 2.28. The van der Waals surface area contributed by atoms with Crippen molar-refractivity contribution in [1.82, 2.24) is 0 Å². The van der Waals surface area contributed by atoms with Crippen LogP contribution in [0.15, 0.2) is 36.4 Å². The van der Waals surface area contributed by atoms with Gasteiger partial charge in [0.25, 0.3) is 0 Å². The van der Waals surface area contributed by atoms with Gasteiger partial charge in [-0.1, -0.05) is 30.2 Å². The molecule has 0 heterocycles. The number of benzene rings is 2. The quantitative estimate of drug-likeness (QED) is 0.725. The fourth-order valence-corrected chi connectivity index (χ4v) is 1.59. The number of hydrogen-bond acceptors (Lipinski definition) is 2. The van der Waals surface area contributed by atoms with Crippen molar-refractivity contribution in [3.05, 3.63) is 36.4 Å². The Morgan fingerprint density at radius 3 is 2.67 bits per heavy atom. The minimum absolute atomic E-state index is 0.289. The van der Waals surface area contributed by atoms with Crippen molar-refractivity contribution < 1.29 is 5.11 Å². The van der Waals surface area contributed by atoms with Gasteiger partial charge in [0.15, 0.2) is 0 Å². The average molecular weight is 197 g/mol. The van der Waals surface area contributed by atoms with E-state index < -0.39 is 0 Å². The molecule has 0 aliphatic heterocycles. The number of rotatable bonds is 2. The zero-order valence-electron chi connectivity index (χ0n) is 8.20. The van der Waals surface area contributed by atoms with Gasteiger partial charge >= 0.3 is 0 Å². The van der Waals surface area contributed by atoms with Crippen LogP contribution in [0.25, 0.3) is 10.8 Å². The van der Waals surface area contributed by atoms with Crippen LogP contribution in [0.4, 0.5) is 5.69 Å². The van der Waals surface area contributed by atoms with Crippen LogP contribution in [0.1, 0.15) is 0 Å². The van der Waals surface area contributed by atoms with Crippen molar-refractivity contribution in [2.75, 3.05) is 11.9 Å². The summed E-state index contributed by atoms with van der Waals surface area (Å²) in [4.78, 5) is 0. The van der Waals surface area contributed by atoms with Gasteiger partial charge in [-0.2, -0.15) is 0 Å². The van der Waals surface area contributed by atoms with Gasteiger partial charge < -0.3 is 10.4 Å². The predicted molar refractivity (Wildman–Crippen MR) is 62.9 cm³/mol. The molecule has 0 atom stereocenters. The van der Waals surface area contributed by atoms with Crippen molar-refractivity contribution in [3.8, 4) is 18.1 Å². The summed E-state index contributed by atoms with van der Waals surface area (Å²) in [5, 5.41) is 14.6. The Balaban J connectivity index is 2.57. The van der Waals surface area contributed by atoms with Crippen molar-refractivity contribution in [3.63, 3.8) is 0 Å². The maximum absolute atomic E-state index is 9.65. The highest BCUT2D eigenvalue weighted by Gasteiger charge is 2.02. The molecule has 0 aliphatic carbocycles. The van der Waals surface area contributed by atoms with Gasteiger partial charge in [0, 0.05) is 16.5 Å². The van der Waals surface area contributed by atoms with Gasteiger partial charge in [-0.15, -0.1) is 6.42 Å². The molecule has 0 bridgehead atoms. The number of phenols is 1. The number of fused-ring (bicyclic) bond motifs is 1. The van der Waals surface area contributed by atoms with Gasteiger partial charge in [0.2, 0.25) is 0 Å². The summed E-state index contributed by atoms with van der Waals surface area (Å²) >= 11 is 0. The lowest BCUT2D eigenvalue weighted by Gasteiger charge is -2.07. The van der Waals surface area contributed by atoms with Gasteiger partial charge in [0.05, 0.1) is 6.54 Å². The molecule has 0 spiro atoms. The fourth-order valence-electron chi connectivity index (χ4n) is 1.59. The van der Waals surface area contributed by atoms with Crippen molar-refractivity contribution in [1.29, 1.82) is 0 Å². The second kappa shape index (κ2) is 3.93. The molecule has 0 saturated carbocycles. The van der Waals surface area contributed by atoms with Crippen LogP contribution in [0, 0.1) is 12.3 Å². The van der Waals surface area contributed by atoms with E-state index in [0.717, 1.165) is 16.5 Å². The Hall–Kier alpha value is -2.14. The lowest BCUT2D eigenvalue weighted by atomic mass is 10.1. The molecular formula is C13H11NO. The first-order valence-corrected chi connectivity index (χ1v) is 4.71. The van der Waals surface area contributed by atoms with E-state index in [1.54, 1.807) is 6.07 Å². The molecule has 2 aromatic rings. The molecule has 0 amide bonds. The van der Waals surface area contributed by atoms with Crippen LogP contribution in [0.2, 0.25) is 0 Å². The fraction of sp³-hybridized carbons (Fsp3) is 0.0769. The van der Waals surface area contributed by atoms with Crippen molar-refractivity contribution in [2.45, 2.75) is 0 Å². The predicted octanol–water partition coefficient (Wildman–Crippen LogP) is 2.59. The molecule has 2 aromatic carbocycles. The highest BCUT2D eigenvalue weighted by molar-refractivity contribution is 5.97. The molecular weight excluding hydrogens is 186 g/mol. The van der Waals surface area contributed by atoms with Gasteiger partial charge in [0.1, 0.15) is 5.75 Å². The van der Waals surface area contributed by atoms with E-state index in [0.29, 0.717) is 6.54 Å². The Labute approximate surface area is 88.6 Å². The largest absolute Gasteiger partial charge is 0.507 e. The Bertz CT molecular complexity index is 526. The summed E-state index contributed by atoms with van der Waals surface area (Å²) in [5.74, 6) is 2.81. The van der Waals surface area contributed by atoms with Crippen LogP contribution < -0.4 is 5.32 Å². The Kier molecular flexibility index (Phi) is 2.47. The van der Waals surface area contributed by atoms with E-state index in [9.17, 15) is 5.11 Å². The van der Waals surface area contributed by atoms with E-state index >= 15 is 0 Å². The molecule has 0 radical (unpaired) electrons. The summed E-state index contributed by atoms with van der Waals surface area (Å²) in [7, 11) is 0. The highest BCUT2D eigenvalue weighted by atomic mass is 16.3. The number of aromatic hydroxyl groups is 1. The minimum Gasteiger partial charge on any atom is -0.507 e. The van der Waals surface area contributed by atoms with E-state index in [2.05, 4.69) is 11.2 Å². The second-order valence-electron chi connectivity index (χ2n) is 3.24. The zero-order valence-corrected chi connectivity index (χ0v) is 8.20. The van der Waals surface area contributed by atoms with E-state index in [1.165, 1.54) is 0 Å². The lowest BCUT2D eigenvalue weighted by Crippen LogP contribution is -1.98. The zero-order chi connectivity index (χ0) is 10.7. The number of hydrogen-bond donors (Lipinski definition) is 2. The summed E-state index contributed by atoms with van der Waals surface area (Å²) < 4.78 is 0. The monoisotopic (exact) mass is 197 g/mol. The van der Waals surface area contributed by atoms with Gasteiger partial charge in [-0.25, -0.2) is 0 Å². The summed E-state index contributed by atoms with van der Waals surface area (Å²) in [6, 6.07) is 11.2. The third kappa shape index (κ3) is 1.72. The number of phenolic OH excluding ortho intramolecular Hbond substituents is 1. The molecule has 0 unspecified atom stereocenters. The first-order valence-electron chi connectivity index (χ1n) is 4.71. The first kappa shape index (κ1) is 9.42. The highest BCUT2D eigenvalue weighted by Crippen LogP contribution is 2.29. The normalized spacial score (nSPS) is 9.80. The number of anilines is 1. The SMILES string of the molecule is C#CCNc1cccc2c(O)cccc12. The standard InChI is InChI=1S/C13H11NO/c1-2-9-14-12-7-3-6-11-10(12)5-4-8-13(11)15/h1,3-8,14-15H,9H2. The van der Waals surface area contributed by atoms with E-state index in [4.69, 9.17) is 6.42 Å². The molecule has 0 aliphatic rings. The van der Waals surface area contributed by atoms with Crippen molar-refractivity contribution in [2.24, 2.45) is 0 Å². The third-order valence-corrected chi connectivity index (χ3v) is 2.28. The molecule has 2 heteroatoms. The Morgan fingerprint density at radius 2 is 1.87 bits per heavy atom. The number of nitrogens with one attached hydrogen (secondary N) is 1. The van der Waals surface area contributed by atoms with Crippen LogP contribution in [0.5, 0.6) is 5.75 Å². The minimum atomic E-state index is 0.289.